The highest BCUT2D eigenvalue weighted by Gasteiger charge is 2.08. The number of nitrogens with zero attached hydrogens (tertiary/aromatic N) is 2. The average molecular weight is 355 g/mol. The second-order valence-electron chi connectivity index (χ2n) is 4.11. The van der Waals surface area contributed by atoms with Crippen LogP contribution >= 0.6 is 27.7 Å². The van der Waals surface area contributed by atoms with Crippen molar-refractivity contribution in [1.82, 2.24) is 20.5 Å². The maximum Gasteiger partial charge on any atom is 0.230 e. The van der Waals surface area contributed by atoms with Gasteiger partial charge in [-0.25, -0.2) is 4.98 Å². The Morgan fingerprint density at radius 2 is 2.15 bits per heavy atom. The molecule has 106 valence electrons. The van der Waals surface area contributed by atoms with E-state index < -0.39 is 0 Å². The average Bonchev–Trinajstić information content (AvgIpc) is 2.92. The molecule has 20 heavy (non-hydrogen) atoms. The predicted octanol–water partition coefficient (Wildman–Crippen LogP) is 2.85. The first kappa shape index (κ1) is 15.1. The largest absolute Gasteiger partial charge is 0.355 e. The Hall–Kier alpha value is -1.34. The summed E-state index contributed by atoms with van der Waals surface area (Å²) in [6.45, 7) is 2.73. The highest BCUT2D eigenvalue weighted by Crippen LogP contribution is 2.20. The quantitative estimate of drug-likeness (QED) is 0.782. The number of hydrogen-bond acceptors (Lipinski definition) is 4. The summed E-state index contributed by atoms with van der Waals surface area (Å²) in [5, 5.41) is 10.4. The van der Waals surface area contributed by atoms with E-state index in [0.29, 0.717) is 23.3 Å². The topological polar surface area (TPSA) is 70.7 Å². The lowest BCUT2D eigenvalue weighted by molar-refractivity contribution is -0.118. The van der Waals surface area contributed by atoms with Crippen LogP contribution in [0.1, 0.15) is 13.3 Å². The number of carbonyl (C=O) groups excluding carboxylic acids is 1. The molecule has 0 aliphatic carbocycles. The molecule has 0 spiro atoms. The van der Waals surface area contributed by atoms with Crippen molar-refractivity contribution in [1.29, 1.82) is 0 Å². The molecule has 1 heterocycles. The summed E-state index contributed by atoms with van der Waals surface area (Å²) in [6, 6.07) is 7.80. The van der Waals surface area contributed by atoms with Crippen LogP contribution in [0.4, 0.5) is 0 Å². The molecule has 0 saturated heterocycles. The third-order valence-electron chi connectivity index (χ3n) is 2.49. The Morgan fingerprint density at radius 3 is 2.85 bits per heavy atom. The van der Waals surface area contributed by atoms with Crippen molar-refractivity contribution in [3.8, 4) is 11.4 Å². The molecule has 0 saturated carbocycles. The fraction of sp³-hybridized carbons (Fsp3) is 0.308. The van der Waals surface area contributed by atoms with Gasteiger partial charge in [-0.3, -0.25) is 9.89 Å². The number of nitrogens with one attached hydrogen (secondary N) is 2. The van der Waals surface area contributed by atoms with E-state index in [2.05, 4.69) is 36.4 Å². The van der Waals surface area contributed by atoms with Crippen LogP contribution in [-0.4, -0.2) is 33.4 Å². The molecule has 0 bridgehead atoms. The zero-order chi connectivity index (χ0) is 14.4. The van der Waals surface area contributed by atoms with Crippen LogP contribution in [0.3, 0.4) is 0 Å². The fourth-order valence-electron chi connectivity index (χ4n) is 1.49. The molecule has 0 unspecified atom stereocenters. The molecule has 0 atom stereocenters. The van der Waals surface area contributed by atoms with Crippen LogP contribution in [0.25, 0.3) is 11.4 Å². The number of aromatic amines is 1. The molecule has 0 aliphatic rings. The number of halogens is 1. The van der Waals surface area contributed by atoms with Gasteiger partial charge in [-0.05, 0) is 18.6 Å². The van der Waals surface area contributed by atoms with E-state index in [1.165, 1.54) is 11.8 Å². The van der Waals surface area contributed by atoms with Crippen molar-refractivity contribution < 1.29 is 4.79 Å². The summed E-state index contributed by atoms with van der Waals surface area (Å²) in [5.74, 6) is 1.04. The number of hydrogen-bond donors (Lipinski definition) is 2. The van der Waals surface area contributed by atoms with Crippen LogP contribution in [-0.2, 0) is 4.79 Å². The lowest BCUT2D eigenvalue weighted by Gasteiger charge is -2.00. The van der Waals surface area contributed by atoms with Crippen molar-refractivity contribution in [2.75, 3.05) is 12.3 Å². The highest BCUT2D eigenvalue weighted by molar-refractivity contribution is 9.10. The van der Waals surface area contributed by atoms with Gasteiger partial charge in [0.15, 0.2) is 5.82 Å². The number of H-pyrrole nitrogens is 1. The maximum atomic E-state index is 11.5. The van der Waals surface area contributed by atoms with E-state index in [4.69, 9.17) is 0 Å². The molecule has 0 fully saturated rings. The number of rotatable bonds is 6. The Labute approximate surface area is 130 Å². The minimum Gasteiger partial charge on any atom is -0.355 e. The summed E-state index contributed by atoms with van der Waals surface area (Å²) in [6.07, 6.45) is 0.935. The number of amides is 1. The van der Waals surface area contributed by atoms with Gasteiger partial charge < -0.3 is 5.32 Å². The van der Waals surface area contributed by atoms with Gasteiger partial charge in [0.05, 0.1) is 5.75 Å². The van der Waals surface area contributed by atoms with Gasteiger partial charge in [0.25, 0.3) is 0 Å². The molecule has 0 aliphatic heterocycles. The van der Waals surface area contributed by atoms with E-state index in [-0.39, 0.29) is 5.91 Å². The van der Waals surface area contributed by atoms with Crippen LogP contribution in [0.2, 0.25) is 0 Å². The van der Waals surface area contributed by atoms with Gasteiger partial charge in [0.1, 0.15) is 0 Å². The van der Waals surface area contributed by atoms with Gasteiger partial charge in [0.2, 0.25) is 11.1 Å². The van der Waals surface area contributed by atoms with Crippen molar-refractivity contribution in [2.45, 2.75) is 18.5 Å². The SMILES string of the molecule is CCCNC(=O)CSc1n[nH]c(-c2ccc(Br)cc2)n1. The standard InChI is InChI=1S/C13H15BrN4OS/c1-2-7-15-11(19)8-20-13-16-12(17-18-13)9-3-5-10(14)6-4-9/h3-6H,2,7-8H2,1H3,(H,15,19)(H,16,17,18). The Kier molecular flexibility index (Phi) is 5.60. The van der Waals surface area contributed by atoms with Crippen molar-refractivity contribution in [3.05, 3.63) is 28.7 Å². The first-order valence-electron chi connectivity index (χ1n) is 6.27. The third kappa shape index (κ3) is 4.35. The molecule has 7 heteroatoms. The second kappa shape index (κ2) is 7.44. The monoisotopic (exact) mass is 354 g/mol. The minimum atomic E-state index is 0.00633. The van der Waals surface area contributed by atoms with Crippen molar-refractivity contribution >= 4 is 33.6 Å². The first-order chi connectivity index (χ1) is 9.69. The Morgan fingerprint density at radius 1 is 1.40 bits per heavy atom. The van der Waals surface area contributed by atoms with Crippen LogP contribution in [0.5, 0.6) is 0 Å². The van der Waals surface area contributed by atoms with E-state index >= 15 is 0 Å². The molecule has 5 nitrogen and oxygen atoms in total. The molecule has 1 amide bonds. The van der Waals surface area contributed by atoms with Gasteiger partial charge in [-0.1, -0.05) is 46.7 Å². The smallest absolute Gasteiger partial charge is 0.230 e. The molecular weight excluding hydrogens is 340 g/mol. The van der Waals surface area contributed by atoms with Gasteiger partial charge in [-0.15, -0.1) is 5.10 Å². The lowest BCUT2D eigenvalue weighted by atomic mass is 10.2. The van der Waals surface area contributed by atoms with E-state index in [9.17, 15) is 4.79 Å². The first-order valence-corrected chi connectivity index (χ1v) is 8.04. The van der Waals surface area contributed by atoms with Crippen molar-refractivity contribution in [2.24, 2.45) is 0 Å². The predicted molar refractivity (Wildman–Crippen MR) is 83.5 cm³/mol. The number of thioether (sulfide) groups is 1. The number of carbonyl (C=O) groups is 1. The summed E-state index contributed by atoms with van der Waals surface area (Å²) in [4.78, 5) is 15.9. The molecule has 2 N–H and O–H groups in total. The van der Waals surface area contributed by atoms with Gasteiger partial charge in [0, 0.05) is 16.6 Å². The molecule has 0 radical (unpaired) electrons. The third-order valence-corrected chi connectivity index (χ3v) is 3.86. The molecule has 2 rings (SSSR count). The number of benzene rings is 1. The van der Waals surface area contributed by atoms with E-state index in [0.717, 1.165) is 16.5 Å². The Bertz CT molecular complexity index is 570. The maximum absolute atomic E-state index is 11.5. The zero-order valence-electron chi connectivity index (χ0n) is 11.0. The summed E-state index contributed by atoms with van der Waals surface area (Å²) >= 11 is 4.71. The highest BCUT2D eigenvalue weighted by atomic mass is 79.9. The molecule has 1 aromatic heterocycles. The number of aromatic nitrogens is 3. The Balaban J connectivity index is 1.92. The summed E-state index contributed by atoms with van der Waals surface area (Å²) < 4.78 is 1.02. The minimum absolute atomic E-state index is 0.00633. The van der Waals surface area contributed by atoms with Crippen LogP contribution in [0.15, 0.2) is 33.9 Å². The summed E-state index contributed by atoms with van der Waals surface area (Å²) in [7, 11) is 0. The van der Waals surface area contributed by atoms with Gasteiger partial charge >= 0.3 is 0 Å². The lowest BCUT2D eigenvalue weighted by Crippen LogP contribution is -2.25. The van der Waals surface area contributed by atoms with Gasteiger partial charge in [-0.2, -0.15) is 0 Å². The van der Waals surface area contributed by atoms with E-state index in [1.54, 1.807) is 0 Å². The molecule has 2 aromatic rings. The molecule has 1 aromatic carbocycles. The van der Waals surface area contributed by atoms with Crippen LogP contribution in [0, 0.1) is 0 Å². The summed E-state index contributed by atoms with van der Waals surface area (Å²) in [5.41, 5.74) is 0.961. The van der Waals surface area contributed by atoms with Crippen molar-refractivity contribution in [3.63, 3.8) is 0 Å². The fourth-order valence-corrected chi connectivity index (χ4v) is 2.39. The second-order valence-corrected chi connectivity index (χ2v) is 5.97. The van der Waals surface area contributed by atoms with E-state index in [1.807, 2.05) is 31.2 Å². The molecular formula is C13H15BrN4OS. The van der Waals surface area contributed by atoms with Crippen LogP contribution < -0.4 is 5.32 Å². The normalized spacial score (nSPS) is 10.5. The zero-order valence-corrected chi connectivity index (χ0v) is 13.4.